The molecule has 3 N–H and O–H groups in total. The maximum atomic E-state index is 11.9. The van der Waals surface area contributed by atoms with Crippen molar-refractivity contribution in [2.24, 2.45) is 0 Å². The van der Waals surface area contributed by atoms with Crippen LogP contribution in [-0.2, 0) is 6.54 Å². The highest BCUT2D eigenvalue weighted by atomic mass is 16.5. The summed E-state index contributed by atoms with van der Waals surface area (Å²) in [6.07, 6.45) is 4.05. The van der Waals surface area contributed by atoms with Gasteiger partial charge in [-0.3, -0.25) is 9.69 Å². The first kappa shape index (κ1) is 20.8. The topological polar surface area (TPSA) is 90.0 Å². The van der Waals surface area contributed by atoms with Crippen molar-refractivity contribution in [2.75, 3.05) is 43.5 Å². The molecule has 1 amide bonds. The van der Waals surface area contributed by atoms with Crippen LogP contribution in [0.4, 0.5) is 11.4 Å². The minimum atomic E-state index is -0.608. The van der Waals surface area contributed by atoms with E-state index in [1.165, 1.54) is 5.56 Å². The Morgan fingerprint density at radius 1 is 1.34 bits per heavy atom. The number of benzene rings is 1. The summed E-state index contributed by atoms with van der Waals surface area (Å²) in [6.45, 7) is 6.19. The fraction of sp³-hybridized carbons (Fsp3) is 0.417. The van der Waals surface area contributed by atoms with Gasteiger partial charge in [0.25, 0.3) is 5.91 Å². The zero-order valence-corrected chi connectivity index (χ0v) is 18.5. The first-order valence-corrected chi connectivity index (χ1v) is 11.2. The van der Waals surface area contributed by atoms with Crippen LogP contribution in [0.1, 0.15) is 35.0 Å². The number of carbonyl (C=O) groups is 1. The van der Waals surface area contributed by atoms with Crippen molar-refractivity contribution in [3.63, 3.8) is 0 Å². The molecule has 0 saturated carbocycles. The molecule has 32 heavy (non-hydrogen) atoms. The molecule has 1 aromatic heterocycles. The Hall–Kier alpha value is -3.10. The predicted molar refractivity (Wildman–Crippen MR) is 124 cm³/mol. The third-order valence-corrected chi connectivity index (χ3v) is 6.53. The van der Waals surface area contributed by atoms with E-state index in [4.69, 9.17) is 4.74 Å². The summed E-state index contributed by atoms with van der Waals surface area (Å²) in [5, 5.41) is 16.1. The number of hydrogen-bond acceptors (Lipinski definition) is 7. The number of aliphatic hydroxyl groups is 1. The normalized spacial score (nSPS) is 22.0. The number of amides is 1. The van der Waals surface area contributed by atoms with Crippen LogP contribution in [0, 0.1) is 0 Å². The zero-order chi connectivity index (χ0) is 22.2. The van der Waals surface area contributed by atoms with Gasteiger partial charge >= 0.3 is 0 Å². The average Bonchev–Trinajstić information content (AvgIpc) is 2.82. The molecule has 0 radical (unpaired) electrons. The number of piperazine rings is 1. The number of nitrogens with one attached hydrogen (secondary N) is 2. The Morgan fingerprint density at radius 3 is 3.03 bits per heavy atom. The Kier molecular flexibility index (Phi) is 5.48. The van der Waals surface area contributed by atoms with Crippen molar-refractivity contribution < 1.29 is 14.6 Å². The molecule has 0 spiro atoms. The standard InChI is InChI=1S/C24H29N5O3/c1-3-16-9-17-5-4-15(8-19(17)27-23(16)30)12-28-6-7-29-18(13-28)14-32-22-10-20(24(31)25-2)26-11-21(22)29/h4-5,8-11,18,23,27,30H,3,6-7,12-14H2,1-2H3,(H,25,31)/t18-,23?/m0/s1. The van der Waals surface area contributed by atoms with Gasteiger partial charge in [-0.25, -0.2) is 4.98 Å². The minimum absolute atomic E-state index is 0.211. The van der Waals surface area contributed by atoms with E-state index in [-0.39, 0.29) is 11.9 Å². The molecule has 2 atom stereocenters. The number of pyridine rings is 1. The lowest BCUT2D eigenvalue weighted by Crippen LogP contribution is -2.57. The van der Waals surface area contributed by atoms with Crippen molar-refractivity contribution in [2.45, 2.75) is 32.2 Å². The predicted octanol–water partition coefficient (Wildman–Crippen LogP) is 2.06. The third-order valence-electron chi connectivity index (χ3n) is 6.53. The number of carbonyl (C=O) groups excluding carboxylic acids is 1. The van der Waals surface area contributed by atoms with Gasteiger partial charge in [0, 0.05) is 45.0 Å². The zero-order valence-electron chi connectivity index (χ0n) is 18.5. The van der Waals surface area contributed by atoms with Crippen LogP contribution < -0.4 is 20.3 Å². The number of aliphatic hydroxyl groups excluding tert-OH is 1. The fourth-order valence-electron chi connectivity index (χ4n) is 4.75. The van der Waals surface area contributed by atoms with Gasteiger partial charge in [0.2, 0.25) is 0 Å². The van der Waals surface area contributed by atoms with Crippen LogP contribution in [0.5, 0.6) is 5.75 Å². The van der Waals surface area contributed by atoms with Crippen molar-refractivity contribution in [1.82, 2.24) is 15.2 Å². The SMILES string of the molecule is CCC1=Cc2ccc(CN3CCN4c5cnc(C(=O)NC)cc5OC[C@@H]4C3)cc2NC1O. The molecule has 5 rings (SSSR count). The summed E-state index contributed by atoms with van der Waals surface area (Å²) in [4.78, 5) is 21.0. The third kappa shape index (κ3) is 3.80. The van der Waals surface area contributed by atoms with Crippen LogP contribution in [-0.4, -0.2) is 66.5 Å². The number of rotatable bonds is 4. The van der Waals surface area contributed by atoms with E-state index < -0.39 is 6.23 Å². The van der Waals surface area contributed by atoms with Gasteiger partial charge in [-0.1, -0.05) is 19.1 Å². The number of ether oxygens (including phenoxy) is 1. The summed E-state index contributed by atoms with van der Waals surface area (Å²) < 4.78 is 6.00. The summed E-state index contributed by atoms with van der Waals surface area (Å²) in [7, 11) is 1.60. The number of aromatic nitrogens is 1. The molecule has 8 heteroatoms. The van der Waals surface area contributed by atoms with Gasteiger partial charge in [0.15, 0.2) is 0 Å². The largest absolute Gasteiger partial charge is 0.489 e. The highest BCUT2D eigenvalue weighted by Crippen LogP contribution is 2.35. The summed E-state index contributed by atoms with van der Waals surface area (Å²) in [6, 6.07) is 8.42. The van der Waals surface area contributed by atoms with E-state index in [2.05, 4.69) is 56.6 Å². The van der Waals surface area contributed by atoms with Crippen LogP contribution >= 0.6 is 0 Å². The molecule has 0 bridgehead atoms. The molecule has 1 aromatic carbocycles. The number of hydrogen-bond donors (Lipinski definition) is 3. The Labute approximate surface area is 187 Å². The van der Waals surface area contributed by atoms with E-state index in [1.54, 1.807) is 19.3 Å². The van der Waals surface area contributed by atoms with Crippen molar-refractivity contribution in [3.05, 3.63) is 52.9 Å². The first-order valence-electron chi connectivity index (χ1n) is 11.2. The van der Waals surface area contributed by atoms with Crippen molar-refractivity contribution in [3.8, 4) is 5.75 Å². The van der Waals surface area contributed by atoms with Gasteiger partial charge in [0.05, 0.1) is 17.9 Å². The second-order valence-electron chi connectivity index (χ2n) is 8.55. The fourth-order valence-corrected chi connectivity index (χ4v) is 4.75. The van der Waals surface area contributed by atoms with Crippen LogP contribution in [0.15, 0.2) is 36.0 Å². The number of anilines is 2. The lowest BCUT2D eigenvalue weighted by atomic mass is 9.99. The Bertz CT molecular complexity index is 1070. The second-order valence-corrected chi connectivity index (χ2v) is 8.55. The molecule has 0 aliphatic carbocycles. The van der Waals surface area contributed by atoms with E-state index in [0.717, 1.165) is 60.9 Å². The lowest BCUT2D eigenvalue weighted by Gasteiger charge is -2.45. The van der Waals surface area contributed by atoms with Gasteiger partial charge in [-0.05, 0) is 35.3 Å². The van der Waals surface area contributed by atoms with Crippen LogP contribution in [0.2, 0.25) is 0 Å². The number of nitrogens with zero attached hydrogens (tertiary/aromatic N) is 3. The van der Waals surface area contributed by atoms with Crippen molar-refractivity contribution >= 4 is 23.4 Å². The summed E-state index contributed by atoms with van der Waals surface area (Å²) in [5.74, 6) is 0.513. The second kappa shape index (κ2) is 8.44. The van der Waals surface area contributed by atoms with Crippen LogP contribution in [0.25, 0.3) is 6.08 Å². The van der Waals surface area contributed by atoms with E-state index in [1.807, 2.05) is 0 Å². The molecule has 3 aliphatic heterocycles. The van der Waals surface area contributed by atoms with Gasteiger partial charge in [0.1, 0.15) is 24.3 Å². The van der Waals surface area contributed by atoms with E-state index >= 15 is 0 Å². The monoisotopic (exact) mass is 435 g/mol. The van der Waals surface area contributed by atoms with Gasteiger partial charge in [-0.15, -0.1) is 0 Å². The molecular formula is C24H29N5O3. The quantitative estimate of drug-likeness (QED) is 0.677. The Balaban J connectivity index is 1.27. The highest BCUT2D eigenvalue weighted by Gasteiger charge is 2.33. The maximum absolute atomic E-state index is 11.9. The molecule has 4 heterocycles. The van der Waals surface area contributed by atoms with Crippen LogP contribution in [0.3, 0.4) is 0 Å². The summed E-state index contributed by atoms with van der Waals surface area (Å²) >= 11 is 0. The molecule has 1 fully saturated rings. The van der Waals surface area contributed by atoms with E-state index in [0.29, 0.717) is 12.3 Å². The summed E-state index contributed by atoms with van der Waals surface area (Å²) in [5.41, 5.74) is 5.67. The van der Waals surface area contributed by atoms with Gasteiger partial charge in [-0.2, -0.15) is 0 Å². The molecule has 1 unspecified atom stereocenters. The lowest BCUT2D eigenvalue weighted by molar-refractivity contribution is 0.0957. The molecular weight excluding hydrogens is 406 g/mol. The number of fused-ring (bicyclic) bond motifs is 4. The first-order chi connectivity index (χ1) is 15.6. The van der Waals surface area contributed by atoms with Gasteiger partial charge < -0.3 is 25.4 Å². The Morgan fingerprint density at radius 2 is 2.22 bits per heavy atom. The average molecular weight is 436 g/mol. The highest BCUT2D eigenvalue weighted by molar-refractivity contribution is 5.93. The maximum Gasteiger partial charge on any atom is 0.269 e. The minimum Gasteiger partial charge on any atom is -0.489 e. The molecule has 168 valence electrons. The molecule has 3 aliphatic rings. The molecule has 8 nitrogen and oxygen atoms in total. The van der Waals surface area contributed by atoms with E-state index in [9.17, 15) is 9.90 Å². The smallest absolute Gasteiger partial charge is 0.269 e. The molecule has 1 saturated heterocycles. The van der Waals surface area contributed by atoms with Crippen molar-refractivity contribution in [1.29, 1.82) is 0 Å². The molecule has 2 aromatic rings.